The number of piperazine rings is 1. The molecule has 154 valence electrons. The van der Waals surface area contributed by atoms with Crippen molar-refractivity contribution < 1.29 is 14.5 Å². The molecule has 0 unspecified atom stereocenters. The highest BCUT2D eigenvalue weighted by atomic mass is 35.5. The quantitative estimate of drug-likeness (QED) is 0.572. The average Bonchev–Trinajstić information content (AvgIpc) is 2.68. The first-order valence-corrected chi connectivity index (χ1v) is 9.61. The van der Waals surface area contributed by atoms with Crippen molar-refractivity contribution >= 4 is 34.6 Å². The maximum atomic E-state index is 12.5. The highest BCUT2D eigenvalue weighted by Crippen LogP contribution is 2.31. The Hall–Kier alpha value is -2.84. The Bertz CT molecular complexity index is 913. The summed E-state index contributed by atoms with van der Waals surface area (Å²) in [5.41, 5.74) is 2.22. The van der Waals surface area contributed by atoms with E-state index in [1.807, 2.05) is 34.9 Å². The van der Waals surface area contributed by atoms with Crippen molar-refractivity contribution in [2.45, 2.75) is 6.92 Å². The summed E-state index contributed by atoms with van der Waals surface area (Å²) < 4.78 is 5.29. The Kier molecular flexibility index (Phi) is 6.56. The van der Waals surface area contributed by atoms with Crippen LogP contribution in [0.2, 0.25) is 5.02 Å². The Balaban J connectivity index is 1.59. The molecule has 2 aromatic rings. The molecule has 0 saturated carbocycles. The molecule has 9 heteroatoms. The molecule has 29 heavy (non-hydrogen) atoms. The number of benzene rings is 2. The summed E-state index contributed by atoms with van der Waals surface area (Å²) in [6.45, 7) is 4.61. The van der Waals surface area contributed by atoms with Crippen LogP contribution < -0.4 is 15.0 Å². The molecular weight excluding hydrogens is 396 g/mol. The molecule has 1 fully saturated rings. The van der Waals surface area contributed by atoms with Crippen molar-refractivity contribution in [2.24, 2.45) is 0 Å². The molecule has 0 aliphatic carbocycles. The van der Waals surface area contributed by atoms with Crippen LogP contribution in [-0.4, -0.2) is 55.6 Å². The van der Waals surface area contributed by atoms with Crippen LogP contribution in [0.5, 0.6) is 5.75 Å². The number of halogens is 1. The van der Waals surface area contributed by atoms with Crippen LogP contribution in [0.1, 0.15) is 5.56 Å². The Morgan fingerprint density at radius 3 is 2.59 bits per heavy atom. The molecule has 1 amide bonds. The molecule has 1 saturated heterocycles. The first kappa shape index (κ1) is 20.9. The number of methoxy groups -OCH3 is 1. The fraction of sp³-hybridized carbons (Fsp3) is 0.350. The zero-order chi connectivity index (χ0) is 21.0. The highest BCUT2D eigenvalue weighted by Gasteiger charge is 2.25. The molecule has 8 nitrogen and oxygen atoms in total. The average molecular weight is 419 g/mol. The predicted molar refractivity (Wildman–Crippen MR) is 113 cm³/mol. The molecule has 3 rings (SSSR count). The third-order valence-corrected chi connectivity index (χ3v) is 5.08. The van der Waals surface area contributed by atoms with E-state index in [2.05, 4.69) is 5.32 Å². The largest absolute Gasteiger partial charge is 0.495 e. The van der Waals surface area contributed by atoms with Gasteiger partial charge in [-0.3, -0.25) is 19.8 Å². The minimum Gasteiger partial charge on any atom is -0.495 e. The Morgan fingerprint density at radius 2 is 1.93 bits per heavy atom. The zero-order valence-corrected chi connectivity index (χ0v) is 17.1. The SMILES string of the molecule is COc1ccc(C)cc1NC(=O)CN1CCN(c2ccc(Cl)cc2[N+](=O)[O-])CC1. The van der Waals surface area contributed by atoms with E-state index in [1.54, 1.807) is 19.2 Å². The second kappa shape index (κ2) is 9.11. The molecule has 0 spiro atoms. The second-order valence-corrected chi connectivity index (χ2v) is 7.34. The summed E-state index contributed by atoms with van der Waals surface area (Å²) in [6.07, 6.45) is 0. The smallest absolute Gasteiger partial charge is 0.294 e. The van der Waals surface area contributed by atoms with Gasteiger partial charge in [-0.2, -0.15) is 0 Å². The third kappa shape index (κ3) is 5.16. The number of amides is 1. The van der Waals surface area contributed by atoms with Crippen molar-refractivity contribution in [2.75, 3.05) is 50.1 Å². The lowest BCUT2D eigenvalue weighted by Gasteiger charge is -2.35. The van der Waals surface area contributed by atoms with Gasteiger partial charge in [-0.1, -0.05) is 17.7 Å². The molecule has 0 bridgehead atoms. The molecule has 1 aliphatic heterocycles. The van der Waals surface area contributed by atoms with Gasteiger partial charge < -0.3 is 15.0 Å². The number of nitro benzene ring substituents is 1. The summed E-state index contributed by atoms with van der Waals surface area (Å²) in [7, 11) is 1.56. The van der Waals surface area contributed by atoms with Crippen LogP contribution in [0.15, 0.2) is 36.4 Å². The van der Waals surface area contributed by atoms with Crippen LogP contribution in [0.4, 0.5) is 17.1 Å². The van der Waals surface area contributed by atoms with Crippen molar-refractivity contribution in [3.05, 3.63) is 57.1 Å². The van der Waals surface area contributed by atoms with Gasteiger partial charge in [0.2, 0.25) is 5.91 Å². The minimum absolute atomic E-state index is 0.00441. The number of anilines is 2. The lowest BCUT2D eigenvalue weighted by Crippen LogP contribution is -2.48. The van der Waals surface area contributed by atoms with Gasteiger partial charge in [-0.25, -0.2) is 0 Å². The summed E-state index contributed by atoms with van der Waals surface area (Å²) in [5.74, 6) is 0.489. The molecule has 1 heterocycles. The predicted octanol–water partition coefficient (Wildman–Crippen LogP) is 3.33. The first-order chi connectivity index (χ1) is 13.9. The normalized spacial score (nSPS) is 14.5. The maximum absolute atomic E-state index is 12.5. The number of hydrogen-bond donors (Lipinski definition) is 1. The van der Waals surface area contributed by atoms with E-state index in [9.17, 15) is 14.9 Å². The summed E-state index contributed by atoms with van der Waals surface area (Å²) in [4.78, 5) is 27.3. The topological polar surface area (TPSA) is 88.0 Å². The first-order valence-electron chi connectivity index (χ1n) is 9.23. The van der Waals surface area contributed by atoms with Crippen molar-refractivity contribution in [1.29, 1.82) is 0 Å². The number of nitro groups is 1. The Morgan fingerprint density at radius 1 is 1.21 bits per heavy atom. The molecule has 2 aromatic carbocycles. The maximum Gasteiger partial charge on any atom is 0.294 e. The van der Waals surface area contributed by atoms with Crippen molar-refractivity contribution in [1.82, 2.24) is 4.90 Å². The summed E-state index contributed by atoms with van der Waals surface area (Å²) >= 11 is 5.89. The van der Waals surface area contributed by atoms with E-state index in [0.29, 0.717) is 48.3 Å². The van der Waals surface area contributed by atoms with Crippen LogP contribution in [0.25, 0.3) is 0 Å². The number of nitrogens with one attached hydrogen (secondary N) is 1. The molecular formula is C20H23ClN4O4. The van der Waals surface area contributed by atoms with E-state index in [0.717, 1.165) is 5.56 Å². The highest BCUT2D eigenvalue weighted by molar-refractivity contribution is 6.30. The van der Waals surface area contributed by atoms with Crippen LogP contribution in [0, 0.1) is 17.0 Å². The number of carbonyl (C=O) groups is 1. The summed E-state index contributed by atoms with van der Waals surface area (Å²) in [6, 6.07) is 10.3. The third-order valence-electron chi connectivity index (χ3n) is 4.84. The van der Waals surface area contributed by atoms with Gasteiger partial charge in [0, 0.05) is 37.3 Å². The molecule has 0 radical (unpaired) electrons. The fourth-order valence-corrected chi connectivity index (χ4v) is 3.54. The second-order valence-electron chi connectivity index (χ2n) is 6.91. The van der Waals surface area contributed by atoms with Gasteiger partial charge >= 0.3 is 0 Å². The number of carbonyl (C=O) groups excluding carboxylic acids is 1. The van der Waals surface area contributed by atoms with Crippen LogP contribution in [0.3, 0.4) is 0 Å². The molecule has 1 aliphatic rings. The van der Waals surface area contributed by atoms with E-state index in [4.69, 9.17) is 16.3 Å². The number of nitrogens with zero attached hydrogens (tertiary/aromatic N) is 3. The number of hydrogen-bond acceptors (Lipinski definition) is 6. The lowest BCUT2D eigenvalue weighted by atomic mass is 10.2. The van der Waals surface area contributed by atoms with Gasteiger partial charge in [0.15, 0.2) is 0 Å². The van der Waals surface area contributed by atoms with Crippen LogP contribution in [-0.2, 0) is 4.79 Å². The zero-order valence-electron chi connectivity index (χ0n) is 16.4. The standard InChI is InChI=1S/C20H23ClN4O4/c1-14-3-6-19(29-2)16(11-14)22-20(26)13-23-7-9-24(10-8-23)17-5-4-15(21)12-18(17)25(27)28/h3-6,11-12H,7-10,13H2,1-2H3,(H,22,26). The fourth-order valence-electron chi connectivity index (χ4n) is 3.37. The number of rotatable bonds is 6. The van der Waals surface area contributed by atoms with Gasteiger partial charge in [-0.05, 0) is 36.8 Å². The van der Waals surface area contributed by atoms with E-state index in [-0.39, 0.29) is 18.1 Å². The number of ether oxygens (including phenoxy) is 1. The lowest BCUT2D eigenvalue weighted by molar-refractivity contribution is -0.384. The van der Waals surface area contributed by atoms with E-state index < -0.39 is 4.92 Å². The minimum atomic E-state index is -0.420. The number of aryl methyl sites for hydroxylation is 1. The van der Waals surface area contributed by atoms with Gasteiger partial charge in [0.1, 0.15) is 11.4 Å². The van der Waals surface area contributed by atoms with Gasteiger partial charge in [0.25, 0.3) is 5.69 Å². The monoisotopic (exact) mass is 418 g/mol. The molecule has 0 atom stereocenters. The van der Waals surface area contributed by atoms with Crippen molar-refractivity contribution in [3.8, 4) is 5.75 Å². The van der Waals surface area contributed by atoms with Crippen molar-refractivity contribution in [3.63, 3.8) is 0 Å². The van der Waals surface area contributed by atoms with Crippen LogP contribution >= 0.6 is 11.6 Å². The molecule has 1 N–H and O–H groups in total. The Labute approximate surface area is 174 Å². The van der Waals surface area contributed by atoms with Gasteiger partial charge in [0.05, 0.1) is 24.3 Å². The van der Waals surface area contributed by atoms with E-state index in [1.165, 1.54) is 6.07 Å². The van der Waals surface area contributed by atoms with Gasteiger partial charge in [-0.15, -0.1) is 0 Å². The summed E-state index contributed by atoms with van der Waals surface area (Å²) in [5, 5.41) is 14.6. The molecule has 0 aromatic heterocycles. The van der Waals surface area contributed by atoms with E-state index >= 15 is 0 Å².